The third kappa shape index (κ3) is 11.9. The van der Waals surface area contributed by atoms with E-state index in [1.165, 1.54) is 4.90 Å². The molecule has 0 aromatic heterocycles. The van der Waals surface area contributed by atoms with Gasteiger partial charge in [0.15, 0.2) is 11.6 Å². The zero-order valence-corrected chi connectivity index (χ0v) is 31.7. The molecule has 3 amide bonds. The summed E-state index contributed by atoms with van der Waals surface area (Å²) in [6, 6.07) is 6.79. The first-order valence-corrected chi connectivity index (χ1v) is 18.0. The number of nitrogens with zero attached hydrogens (tertiary/aromatic N) is 2. The summed E-state index contributed by atoms with van der Waals surface area (Å²) in [4.78, 5) is 95.9. The number of benzene rings is 1. The first kappa shape index (κ1) is 42.3. The number of rotatable bonds is 18. The van der Waals surface area contributed by atoms with Crippen molar-refractivity contribution in [3.05, 3.63) is 35.9 Å². The standard InChI is InChI=1S/C39H59N3O8/c1-11-15-28(36(47)31(43)20-21-33(45)40-35(38(49)41(9)10)27-16-13-12-14-17-27)22-32(44)30-19-18-25(4)42(30)37(48)29(39(6,7)8)23-34(46)50-26(5)24(2)3/h12-14,16-17,24-26,28-30,35H,11,15,18-23H2,1-10H3,(H,40,45)/t25-,26?,28?,29+,30-,35-/m0/s1. The van der Waals surface area contributed by atoms with Crippen LogP contribution < -0.4 is 5.32 Å². The number of esters is 1. The molecular formula is C39H59N3O8. The lowest BCUT2D eigenvalue weighted by molar-refractivity contribution is -0.158. The second-order valence-electron chi connectivity index (χ2n) is 15.3. The molecule has 1 aromatic rings. The van der Waals surface area contributed by atoms with Crippen molar-refractivity contribution in [2.75, 3.05) is 14.1 Å². The Kier molecular flexibility index (Phi) is 16.0. The Morgan fingerprint density at radius 3 is 2.10 bits per heavy atom. The molecule has 0 saturated carbocycles. The van der Waals surface area contributed by atoms with Crippen LogP contribution in [-0.2, 0) is 38.3 Å². The highest BCUT2D eigenvalue weighted by Crippen LogP contribution is 2.36. The molecule has 1 saturated heterocycles. The first-order valence-electron chi connectivity index (χ1n) is 18.0. The molecule has 1 N–H and O–H groups in total. The fraction of sp³-hybridized carbons (Fsp3) is 0.667. The van der Waals surface area contributed by atoms with E-state index in [4.69, 9.17) is 4.74 Å². The summed E-state index contributed by atoms with van der Waals surface area (Å²) in [6.45, 7) is 15.1. The van der Waals surface area contributed by atoms with E-state index >= 15 is 0 Å². The van der Waals surface area contributed by atoms with Crippen molar-refractivity contribution in [1.29, 1.82) is 0 Å². The Hall–Kier alpha value is -3.89. The van der Waals surface area contributed by atoms with Gasteiger partial charge >= 0.3 is 5.97 Å². The predicted octanol–water partition coefficient (Wildman–Crippen LogP) is 5.25. The van der Waals surface area contributed by atoms with Gasteiger partial charge in [0.25, 0.3) is 0 Å². The van der Waals surface area contributed by atoms with Crippen molar-refractivity contribution in [2.45, 2.75) is 131 Å². The zero-order chi connectivity index (χ0) is 37.9. The van der Waals surface area contributed by atoms with Crippen LogP contribution in [0, 0.1) is 23.2 Å². The van der Waals surface area contributed by atoms with Crippen LogP contribution in [0.3, 0.4) is 0 Å². The number of carbonyl (C=O) groups excluding carboxylic acids is 7. The predicted molar refractivity (Wildman–Crippen MR) is 191 cm³/mol. The van der Waals surface area contributed by atoms with Crippen LogP contribution in [0.4, 0.5) is 0 Å². The number of likely N-dealkylation sites (tertiary alicyclic amines) is 1. The van der Waals surface area contributed by atoms with Gasteiger partial charge in [-0.3, -0.25) is 33.6 Å². The maximum Gasteiger partial charge on any atom is 0.306 e. The minimum Gasteiger partial charge on any atom is -0.462 e. The topological polar surface area (TPSA) is 147 Å². The van der Waals surface area contributed by atoms with E-state index in [9.17, 15) is 33.6 Å². The molecule has 11 nitrogen and oxygen atoms in total. The summed E-state index contributed by atoms with van der Waals surface area (Å²) in [5.74, 6) is -4.89. The van der Waals surface area contributed by atoms with E-state index in [1.807, 2.05) is 55.4 Å². The third-order valence-electron chi connectivity index (χ3n) is 9.70. The van der Waals surface area contributed by atoms with Crippen molar-refractivity contribution in [3.8, 4) is 0 Å². The molecule has 1 aliphatic rings. The lowest BCUT2D eigenvalue weighted by atomic mass is 9.77. The van der Waals surface area contributed by atoms with E-state index in [0.29, 0.717) is 31.2 Å². The fourth-order valence-corrected chi connectivity index (χ4v) is 6.23. The van der Waals surface area contributed by atoms with Gasteiger partial charge in [-0.2, -0.15) is 0 Å². The van der Waals surface area contributed by atoms with Crippen LogP contribution in [0.5, 0.6) is 0 Å². The van der Waals surface area contributed by atoms with Gasteiger partial charge < -0.3 is 19.9 Å². The molecular weight excluding hydrogens is 638 g/mol. The average Bonchev–Trinajstić information content (AvgIpc) is 3.44. The number of ether oxygens (including phenoxy) is 1. The van der Waals surface area contributed by atoms with Gasteiger partial charge in [0.1, 0.15) is 12.1 Å². The molecule has 0 bridgehead atoms. The summed E-state index contributed by atoms with van der Waals surface area (Å²) in [6.07, 6.45) is 0.595. The van der Waals surface area contributed by atoms with Crippen molar-refractivity contribution in [2.24, 2.45) is 23.2 Å². The van der Waals surface area contributed by atoms with Gasteiger partial charge in [-0.1, -0.05) is 78.3 Å². The smallest absolute Gasteiger partial charge is 0.306 e. The second-order valence-corrected chi connectivity index (χ2v) is 15.3. The summed E-state index contributed by atoms with van der Waals surface area (Å²) in [5.41, 5.74) is -0.000368. The van der Waals surface area contributed by atoms with Gasteiger partial charge in [-0.05, 0) is 50.0 Å². The minimum atomic E-state index is -0.943. The highest BCUT2D eigenvalue weighted by Gasteiger charge is 2.45. The summed E-state index contributed by atoms with van der Waals surface area (Å²) in [5, 5.41) is 2.68. The SMILES string of the molecule is CCCC(CC(=O)[C@@H]1CC[C@H](C)N1C(=O)[C@@H](CC(=O)OC(C)C(C)C)C(C)(C)C)C(=O)C(=O)CCC(=O)N[C@H](C(=O)N(C)C)c1ccccc1. The number of likely N-dealkylation sites (N-methyl/N-ethyl adjacent to an activating group) is 1. The molecule has 6 atom stereocenters. The highest BCUT2D eigenvalue weighted by molar-refractivity contribution is 6.38. The lowest BCUT2D eigenvalue weighted by Gasteiger charge is -2.37. The Morgan fingerprint density at radius 1 is 0.940 bits per heavy atom. The molecule has 278 valence electrons. The van der Waals surface area contributed by atoms with Gasteiger partial charge in [-0.25, -0.2) is 0 Å². The lowest BCUT2D eigenvalue weighted by Crippen LogP contribution is -2.50. The maximum absolute atomic E-state index is 14.1. The first-order chi connectivity index (χ1) is 23.3. The number of amides is 3. The van der Waals surface area contributed by atoms with Crippen LogP contribution in [0.15, 0.2) is 30.3 Å². The van der Waals surface area contributed by atoms with Crippen LogP contribution in [0.25, 0.3) is 0 Å². The van der Waals surface area contributed by atoms with Crippen LogP contribution in [0.2, 0.25) is 0 Å². The number of carbonyl (C=O) groups is 7. The molecule has 0 radical (unpaired) electrons. The van der Waals surface area contributed by atoms with Crippen LogP contribution in [-0.4, -0.2) is 83.1 Å². The molecule has 11 heteroatoms. The number of hydrogen-bond acceptors (Lipinski definition) is 8. The fourth-order valence-electron chi connectivity index (χ4n) is 6.23. The number of ketones is 3. The Labute approximate surface area is 298 Å². The molecule has 50 heavy (non-hydrogen) atoms. The molecule has 0 aliphatic carbocycles. The van der Waals surface area contributed by atoms with E-state index in [0.717, 1.165) is 0 Å². The van der Waals surface area contributed by atoms with Crippen molar-refractivity contribution < 1.29 is 38.3 Å². The quantitative estimate of drug-likeness (QED) is 0.162. The molecule has 2 unspecified atom stereocenters. The van der Waals surface area contributed by atoms with E-state index < -0.39 is 52.8 Å². The van der Waals surface area contributed by atoms with E-state index in [2.05, 4.69) is 5.32 Å². The van der Waals surface area contributed by atoms with Crippen molar-refractivity contribution in [1.82, 2.24) is 15.1 Å². The normalized spacial score (nSPS) is 18.5. The third-order valence-corrected chi connectivity index (χ3v) is 9.70. The largest absolute Gasteiger partial charge is 0.462 e. The Morgan fingerprint density at radius 2 is 1.56 bits per heavy atom. The Balaban J connectivity index is 2.14. The van der Waals surface area contributed by atoms with Gasteiger partial charge in [0.2, 0.25) is 23.5 Å². The maximum atomic E-state index is 14.1. The van der Waals surface area contributed by atoms with Crippen molar-refractivity contribution >= 4 is 41.0 Å². The van der Waals surface area contributed by atoms with Gasteiger partial charge in [0.05, 0.1) is 18.4 Å². The monoisotopic (exact) mass is 697 g/mol. The number of nitrogens with one attached hydrogen (secondary N) is 1. The minimum absolute atomic E-state index is 0.113. The summed E-state index contributed by atoms with van der Waals surface area (Å²) >= 11 is 0. The van der Waals surface area contributed by atoms with E-state index in [1.54, 1.807) is 49.3 Å². The van der Waals surface area contributed by atoms with Crippen molar-refractivity contribution in [3.63, 3.8) is 0 Å². The highest BCUT2D eigenvalue weighted by atomic mass is 16.5. The second kappa shape index (κ2) is 18.9. The van der Waals surface area contributed by atoms with Crippen LogP contribution in [0.1, 0.15) is 118 Å². The molecule has 1 aliphatic heterocycles. The van der Waals surface area contributed by atoms with Crippen LogP contribution >= 0.6 is 0 Å². The molecule has 1 heterocycles. The number of Topliss-reactive ketones (excluding diaryl/α,β-unsaturated/α-hetero) is 3. The summed E-state index contributed by atoms with van der Waals surface area (Å²) in [7, 11) is 3.16. The molecule has 0 spiro atoms. The zero-order valence-electron chi connectivity index (χ0n) is 31.7. The van der Waals surface area contributed by atoms with Gasteiger partial charge in [-0.15, -0.1) is 0 Å². The molecule has 2 rings (SSSR count). The van der Waals surface area contributed by atoms with E-state index in [-0.39, 0.29) is 61.3 Å². The van der Waals surface area contributed by atoms with Gasteiger partial charge in [0, 0.05) is 45.3 Å². The number of hydrogen-bond donors (Lipinski definition) is 1. The average molecular weight is 698 g/mol. The summed E-state index contributed by atoms with van der Waals surface area (Å²) < 4.78 is 5.59. The molecule has 1 fully saturated rings. The Bertz CT molecular complexity index is 1370. The molecule has 1 aromatic carbocycles.